The fourth-order valence-corrected chi connectivity index (χ4v) is 1.57. The van der Waals surface area contributed by atoms with Crippen LogP contribution in [-0.2, 0) is 0 Å². The Morgan fingerprint density at radius 3 is 3.08 bits per heavy atom. The third kappa shape index (κ3) is 3.50. The Kier molecular flexibility index (Phi) is 4.54. The Morgan fingerprint density at radius 2 is 2.33 bits per heavy atom. The van der Waals surface area contributed by atoms with Crippen LogP contribution in [0.15, 0.2) is 0 Å². The van der Waals surface area contributed by atoms with Crippen molar-refractivity contribution in [1.82, 2.24) is 10.2 Å². The quantitative estimate of drug-likeness (QED) is 0.687. The van der Waals surface area contributed by atoms with Crippen molar-refractivity contribution in [2.75, 3.05) is 32.9 Å². The minimum Gasteiger partial charge on any atom is -0.313 e. The van der Waals surface area contributed by atoms with E-state index in [4.69, 9.17) is 0 Å². The van der Waals surface area contributed by atoms with E-state index in [2.05, 4.69) is 17.1 Å². The first-order valence-corrected chi connectivity index (χ1v) is 4.84. The van der Waals surface area contributed by atoms with Crippen molar-refractivity contribution in [1.29, 1.82) is 0 Å². The minimum absolute atomic E-state index is 0.181. The van der Waals surface area contributed by atoms with Crippen LogP contribution in [0.4, 0.5) is 4.39 Å². The van der Waals surface area contributed by atoms with Crippen molar-refractivity contribution in [2.45, 2.75) is 25.8 Å². The maximum Gasteiger partial charge on any atom is 0.0906 e. The number of hydrogen-bond acceptors (Lipinski definition) is 2. The second-order valence-electron chi connectivity index (χ2n) is 3.53. The predicted molar refractivity (Wildman–Crippen MR) is 49.1 cm³/mol. The van der Waals surface area contributed by atoms with Crippen LogP contribution in [0.25, 0.3) is 0 Å². The number of nitrogens with zero attached hydrogens (tertiary/aromatic N) is 1. The van der Waals surface area contributed by atoms with E-state index in [1.54, 1.807) is 0 Å². The molecule has 1 aliphatic rings. The van der Waals surface area contributed by atoms with E-state index in [-0.39, 0.29) is 6.67 Å². The molecule has 1 N–H and O–H groups in total. The van der Waals surface area contributed by atoms with Crippen molar-refractivity contribution in [3.05, 3.63) is 0 Å². The maximum absolute atomic E-state index is 11.9. The minimum atomic E-state index is -0.181. The summed E-state index contributed by atoms with van der Waals surface area (Å²) in [5.41, 5.74) is 0. The Labute approximate surface area is 74.1 Å². The lowest BCUT2D eigenvalue weighted by Gasteiger charge is -2.18. The monoisotopic (exact) mass is 174 g/mol. The lowest BCUT2D eigenvalue weighted by atomic mass is 10.2. The lowest BCUT2D eigenvalue weighted by Crippen LogP contribution is -2.29. The second-order valence-corrected chi connectivity index (χ2v) is 3.53. The molecule has 0 saturated carbocycles. The number of hydrogen-bond donors (Lipinski definition) is 1. The summed E-state index contributed by atoms with van der Waals surface area (Å²) >= 11 is 0. The van der Waals surface area contributed by atoms with Gasteiger partial charge in [-0.05, 0) is 26.3 Å². The summed E-state index contributed by atoms with van der Waals surface area (Å²) in [5.74, 6) is 0. The highest BCUT2D eigenvalue weighted by atomic mass is 19.1. The number of alkyl halides is 1. The van der Waals surface area contributed by atoms with E-state index in [1.165, 1.54) is 6.42 Å². The molecule has 0 aliphatic carbocycles. The normalized spacial score (nSPS) is 27.0. The molecule has 1 rings (SSSR count). The van der Waals surface area contributed by atoms with Gasteiger partial charge in [0, 0.05) is 25.7 Å². The summed E-state index contributed by atoms with van der Waals surface area (Å²) in [6.45, 7) is 6.19. The molecule has 1 atom stereocenters. The van der Waals surface area contributed by atoms with Gasteiger partial charge in [0.05, 0.1) is 6.67 Å². The average molecular weight is 174 g/mol. The van der Waals surface area contributed by atoms with Gasteiger partial charge in [0.2, 0.25) is 0 Å². The van der Waals surface area contributed by atoms with Crippen LogP contribution in [0.5, 0.6) is 0 Å². The van der Waals surface area contributed by atoms with E-state index in [0.29, 0.717) is 12.5 Å². The van der Waals surface area contributed by atoms with Crippen LogP contribution in [0.2, 0.25) is 0 Å². The summed E-state index contributed by atoms with van der Waals surface area (Å²) in [5, 5.41) is 3.42. The highest BCUT2D eigenvalue weighted by molar-refractivity contribution is 4.71. The lowest BCUT2D eigenvalue weighted by molar-refractivity contribution is 0.273. The van der Waals surface area contributed by atoms with Crippen molar-refractivity contribution in [2.24, 2.45) is 0 Å². The van der Waals surface area contributed by atoms with E-state index in [9.17, 15) is 4.39 Å². The molecule has 0 bridgehead atoms. The first kappa shape index (κ1) is 9.93. The third-order valence-corrected chi connectivity index (χ3v) is 2.41. The molecular weight excluding hydrogens is 155 g/mol. The fraction of sp³-hybridized carbons (Fsp3) is 1.00. The molecule has 72 valence electrons. The molecule has 3 heteroatoms. The van der Waals surface area contributed by atoms with E-state index < -0.39 is 0 Å². The summed E-state index contributed by atoms with van der Waals surface area (Å²) < 4.78 is 11.9. The van der Waals surface area contributed by atoms with Crippen LogP contribution in [0.1, 0.15) is 19.8 Å². The Morgan fingerprint density at radius 1 is 1.50 bits per heavy atom. The molecule has 0 radical (unpaired) electrons. The van der Waals surface area contributed by atoms with E-state index in [0.717, 1.165) is 26.2 Å². The van der Waals surface area contributed by atoms with E-state index in [1.807, 2.05) is 0 Å². The zero-order chi connectivity index (χ0) is 8.81. The van der Waals surface area contributed by atoms with Crippen LogP contribution >= 0.6 is 0 Å². The first-order chi connectivity index (χ1) is 5.83. The molecular formula is C9H19FN2. The van der Waals surface area contributed by atoms with Gasteiger partial charge in [-0.1, -0.05) is 0 Å². The number of rotatable bonds is 3. The molecule has 0 spiro atoms. The van der Waals surface area contributed by atoms with Gasteiger partial charge < -0.3 is 10.2 Å². The van der Waals surface area contributed by atoms with Gasteiger partial charge >= 0.3 is 0 Å². The molecule has 0 amide bonds. The van der Waals surface area contributed by atoms with Gasteiger partial charge in [-0.25, -0.2) is 0 Å². The van der Waals surface area contributed by atoms with Crippen molar-refractivity contribution < 1.29 is 4.39 Å². The summed E-state index contributed by atoms with van der Waals surface area (Å²) in [6, 6.07) is 0.625. The van der Waals surface area contributed by atoms with Crippen molar-refractivity contribution >= 4 is 0 Å². The molecule has 12 heavy (non-hydrogen) atoms. The summed E-state index contributed by atoms with van der Waals surface area (Å²) in [7, 11) is 0. The topological polar surface area (TPSA) is 15.3 Å². The molecule has 1 saturated heterocycles. The Balaban J connectivity index is 2.17. The van der Waals surface area contributed by atoms with Crippen LogP contribution in [0, 0.1) is 0 Å². The Bertz CT molecular complexity index is 117. The SMILES string of the molecule is CC1CCN(CCCF)CCN1. The standard InChI is InChI=1S/C9H19FN2/c1-9-3-7-12(6-2-4-10)8-5-11-9/h9,11H,2-8H2,1H3. The van der Waals surface area contributed by atoms with Crippen LogP contribution in [0.3, 0.4) is 0 Å². The van der Waals surface area contributed by atoms with Gasteiger partial charge in [-0.15, -0.1) is 0 Å². The largest absolute Gasteiger partial charge is 0.313 e. The molecule has 1 fully saturated rings. The zero-order valence-corrected chi connectivity index (χ0v) is 7.85. The van der Waals surface area contributed by atoms with Gasteiger partial charge in [-0.3, -0.25) is 4.39 Å². The summed E-state index contributed by atoms with van der Waals surface area (Å²) in [6.07, 6.45) is 1.88. The van der Waals surface area contributed by atoms with Crippen LogP contribution < -0.4 is 5.32 Å². The first-order valence-electron chi connectivity index (χ1n) is 4.84. The van der Waals surface area contributed by atoms with Gasteiger partial charge in [0.25, 0.3) is 0 Å². The third-order valence-electron chi connectivity index (χ3n) is 2.41. The molecule has 1 unspecified atom stereocenters. The molecule has 0 aromatic heterocycles. The van der Waals surface area contributed by atoms with Crippen molar-refractivity contribution in [3.63, 3.8) is 0 Å². The molecule has 1 heterocycles. The van der Waals surface area contributed by atoms with Crippen LogP contribution in [-0.4, -0.2) is 43.8 Å². The fourth-order valence-electron chi connectivity index (χ4n) is 1.57. The van der Waals surface area contributed by atoms with Gasteiger partial charge in [0.15, 0.2) is 0 Å². The molecule has 0 aromatic rings. The smallest absolute Gasteiger partial charge is 0.0906 e. The highest BCUT2D eigenvalue weighted by Gasteiger charge is 2.11. The zero-order valence-electron chi connectivity index (χ0n) is 7.85. The molecule has 0 aromatic carbocycles. The summed E-state index contributed by atoms with van der Waals surface area (Å²) in [4.78, 5) is 2.34. The second kappa shape index (κ2) is 5.49. The molecule has 1 aliphatic heterocycles. The van der Waals surface area contributed by atoms with Gasteiger partial charge in [0.1, 0.15) is 0 Å². The predicted octanol–water partition coefficient (Wildman–Crippen LogP) is 1.03. The maximum atomic E-state index is 11.9. The number of nitrogens with one attached hydrogen (secondary N) is 1. The van der Waals surface area contributed by atoms with Gasteiger partial charge in [-0.2, -0.15) is 0 Å². The number of halogens is 1. The Hall–Kier alpha value is -0.150. The van der Waals surface area contributed by atoms with E-state index >= 15 is 0 Å². The highest BCUT2D eigenvalue weighted by Crippen LogP contribution is 2.01. The molecule has 2 nitrogen and oxygen atoms in total. The average Bonchev–Trinajstić information content (AvgIpc) is 2.27. The van der Waals surface area contributed by atoms with Crippen molar-refractivity contribution in [3.8, 4) is 0 Å².